The van der Waals surface area contributed by atoms with Crippen LogP contribution in [0.2, 0.25) is 5.15 Å². The number of benzene rings is 1. The van der Waals surface area contributed by atoms with Crippen LogP contribution in [-0.2, 0) is 32.3 Å². The lowest BCUT2D eigenvalue weighted by Crippen LogP contribution is -2.63. The van der Waals surface area contributed by atoms with E-state index >= 15 is 0 Å². The summed E-state index contributed by atoms with van der Waals surface area (Å²) in [5, 5.41) is 17.3. The van der Waals surface area contributed by atoms with Gasteiger partial charge in [-0.05, 0) is 69.7 Å². The van der Waals surface area contributed by atoms with Gasteiger partial charge in [0, 0.05) is 44.0 Å². The minimum Gasteiger partial charge on any atom is -0.445 e. The Labute approximate surface area is 284 Å². The molecule has 260 valence electrons. The smallest absolute Gasteiger partial charge is 0.407 e. The Morgan fingerprint density at radius 2 is 1.83 bits per heavy atom. The molecule has 3 heterocycles. The van der Waals surface area contributed by atoms with Gasteiger partial charge in [-0.15, -0.1) is 0 Å². The van der Waals surface area contributed by atoms with Crippen molar-refractivity contribution in [3.8, 4) is 0 Å². The number of ether oxygens (including phenoxy) is 1. The number of nitrogens with one attached hydrogen (secondary N) is 2. The van der Waals surface area contributed by atoms with E-state index in [1.165, 1.54) is 0 Å². The van der Waals surface area contributed by atoms with E-state index in [-0.39, 0.29) is 30.5 Å². The molecular weight excluding hydrogens is 642 g/mol. The van der Waals surface area contributed by atoms with Crippen LogP contribution in [0.3, 0.4) is 0 Å². The molecule has 2 aliphatic heterocycles. The number of aromatic nitrogens is 1. The molecule has 4 rings (SSSR count). The Bertz CT molecular complexity index is 1470. The van der Waals surface area contributed by atoms with E-state index in [0.717, 1.165) is 16.8 Å². The fourth-order valence-electron chi connectivity index (χ4n) is 6.61. The fraction of sp³-hybridized carbons (Fsp3) is 0.618. The van der Waals surface area contributed by atoms with Crippen molar-refractivity contribution in [2.24, 2.45) is 5.92 Å². The van der Waals surface area contributed by atoms with Crippen LogP contribution in [0.1, 0.15) is 57.9 Å². The molecule has 2 aromatic rings. The number of sulfone groups is 1. The van der Waals surface area contributed by atoms with Gasteiger partial charge in [0.1, 0.15) is 22.5 Å². The number of alkyl carbamates (subject to hydrolysis) is 1. The fourth-order valence-corrected chi connectivity index (χ4v) is 9.20. The minimum absolute atomic E-state index is 0.0261. The molecule has 0 aliphatic carbocycles. The molecule has 0 bridgehead atoms. The number of rotatable bonds is 11. The van der Waals surface area contributed by atoms with Gasteiger partial charge in [-0.25, -0.2) is 18.2 Å². The number of aryl methyl sites for hydroxylation is 1. The zero-order chi connectivity index (χ0) is 34.5. The summed E-state index contributed by atoms with van der Waals surface area (Å²) >= 11 is 6.21. The molecule has 0 radical (unpaired) electrons. The van der Waals surface area contributed by atoms with E-state index in [1.807, 2.05) is 88.9 Å². The van der Waals surface area contributed by atoms with E-state index in [1.54, 1.807) is 0 Å². The number of aliphatic hydroxyl groups excluding tert-OH is 1. The number of hydrogen-bond acceptors (Lipinski definition) is 9. The Hall–Kier alpha value is -2.77. The van der Waals surface area contributed by atoms with Crippen LogP contribution >= 0.6 is 11.6 Å². The molecule has 13 heteroatoms. The highest BCUT2D eigenvalue weighted by Crippen LogP contribution is 2.29. The highest BCUT2D eigenvalue weighted by Gasteiger charge is 2.45. The SMILES string of the molecule is Cc1cc(CN2CCN(CC(O)C(Cc3ccccc3)NC(=O)OC3CCS(=O)(=O)C3C(C)C)C(C(=O)NC(C)(C)C)C2)cc(Cl)n1. The minimum atomic E-state index is -3.36. The van der Waals surface area contributed by atoms with Crippen molar-refractivity contribution < 1.29 is 27.9 Å². The predicted octanol–water partition coefficient (Wildman–Crippen LogP) is 3.35. The van der Waals surface area contributed by atoms with Gasteiger partial charge in [-0.1, -0.05) is 55.8 Å². The zero-order valence-corrected chi connectivity index (χ0v) is 29.9. The zero-order valence-electron chi connectivity index (χ0n) is 28.3. The molecule has 1 aromatic carbocycles. The molecule has 5 unspecified atom stereocenters. The summed E-state index contributed by atoms with van der Waals surface area (Å²) in [4.78, 5) is 35.3. The topological polar surface area (TPSA) is 141 Å². The highest BCUT2D eigenvalue weighted by molar-refractivity contribution is 7.92. The maximum Gasteiger partial charge on any atom is 0.407 e. The van der Waals surface area contributed by atoms with Gasteiger partial charge >= 0.3 is 6.09 Å². The second-order valence-corrected chi connectivity index (χ2v) is 16.9. The molecule has 2 aliphatic rings. The van der Waals surface area contributed by atoms with E-state index < -0.39 is 51.0 Å². The maximum atomic E-state index is 13.7. The Morgan fingerprint density at radius 1 is 1.13 bits per heavy atom. The van der Waals surface area contributed by atoms with Gasteiger partial charge in [-0.2, -0.15) is 0 Å². The molecule has 2 fully saturated rings. The summed E-state index contributed by atoms with van der Waals surface area (Å²) in [6.45, 7) is 13.6. The number of piperazine rings is 1. The first-order chi connectivity index (χ1) is 22.0. The van der Waals surface area contributed by atoms with Gasteiger partial charge in [0.25, 0.3) is 0 Å². The Morgan fingerprint density at radius 3 is 2.47 bits per heavy atom. The van der Waals surface area contributed by atoms with Crippen LogP contribution in [0, 0.1) is 12.8 Å². The van der Waals surface area contributed by atoms with E-state index in [9.17, 15) is 23.1 Å². The molecule has 5 atom stereocenters. The number of nitrogens with zero attached hydrogens (tertiary/aromatic N) is 3. The average Bonchev–Trinajstić information content (AvgIpc) is 3.25. The number of amides is 2. The van der Waals surface area contributed by atoms with Crippen LogP contribution < -0.4 is 10.6 Å². The van der Waals surface area contributed by atoms with Crippen molar-refractivity contribution in [3.63, 3.8) is 0 Å². The third-order valence-corrected chi connectivity index (χ3v) is 11.3. The van der Waals surface area contributed by atoms with Gasteiger partial charge in [0.05, 0.1) is 17.9 Å². The third kappa shape index (κ3) is 10.6. The van der Waals surface area contributed by atoms with Crippen molar-refractivity contribution in [1.29, 1.82) is 0 Å². The summed E-state index contributed by atoms with van der Waals surface area (Å²) < 4.78 is 30.9. The number of carbonyl (C=O) groups is 2. The number of aliphatic hydroxyl groups is 1. The molecule has 0 spiro atoms. The first kappa shape index (κ1) is 37.1. The number of hydrogen-bond donors (Lipinski definition) is 3. The van der Waals surface area contributed by atoms with Gasteiger partial charge < -0.3 is 20.5 Å². The number of β-amino-alcohol motifs (C(OH)–C–C–N with tert-alkyl or cyclic N) is 1. The molecule has 2 saturated heterocycles. The van der Waals surface area contributed by atoms with Crippen molar-refractivity contribution >= 4 is 33.4 Å². The average molecular weight is 692 g/mol. The quantitative estimate of drug-likeness (QED) is 0.303. The van der Waals surface area contributed by atoms with Crippen LogP contribution in [0.25, 0.3) is 0 Å². The Balaban J connectivity index is 1.50. The molecule has 0 saturated carbocycles. The van der Waals surface area contributed by atoms with Crippen molar-refractivity contribution in [3.05, 3.63) is 64.4 Å². The largest absolute Gasteiger partial charge is 0.445 e. The summed E-state index contributed by atoms with van der Waals surface area (Å²) in [7, 11) is -3.36. The van der Waals surface area contributed by atoms with Crippen LogP contribution in [0.4, 0.5) is 4.79 Å². The van der Waals surface area contributed by atoms with Gasteiger partial charge in [0.15, 0.2) is 9.84 Å². The van der Waals surface area contributed by atoms with Crippen LogP contribution in [0.5, 0.6) is 0 Å². The lowest BCUT2D eigenvalue weighted by atomic mass is 9.99. The van der Waals surface area contributed by atoms with Crippen molar-refractivity contribution in [2.75, 3.05) is 31.9 Å². The Kier molecular flexibility index (Phi) is 12.3. The maximum absolute atomic E-state index is 13.7. The lowest BCUT2D eigenvalue weighted by molar-refractivity contribution is -0.131. The lowest BCUT2D eigenvalue weighted by Gasteiger charge is -2.43. The molecule has 2 amide bonds. The predicted molar refractivity (Wildman–Crippen MR) is 183 cm³/mol. The standard InChI is InChI=1S/C34H50ClN5O6S/c1-22(2)31-29(12-15-47(31,44)45)46-33(43)37-26(17-24-10-8-7-9-11-24)28(41)21-40-14-13-39(19-25-16-23(3)36-30(35)18-25)20-27(40)32(42)38-34(4,5)6/h7-11,16,18,22,26-29,31,41H,12-15,17,19-21H2,1-6H3,(H,37,43)(H,38,42). The van der Waals surface area contributed by atoms with Crippen molar-refractivity contribution in [1.82, 2.24) is 25.4 Å². The molecule has 47 heavy (non-hydrogen) atoms. The van der Waals surface area contributed by atoms with E-state index in [0.29, 0.717) is 37.8 Å². The first-order valence-electron chi connectivity index (χ1n) is 16.3. The van der Waals surface area contributed by atoms with E-state index in [2.05, 4.69) is 20.5 Å². The second kappa shape index (κ2) is 15.6. The number of halogens is 1. The van der Waals surface area contributed by atoms with E-state index in [4.69, 9.17) is 16.3 Å². The summed E-state index contributed by atoms with van der Waals surface area (Å²) in [5.41, 5.74) is 2.27. The molecular formula is C34H50ClN5O6S. The van der Waals surface area contributed by atoms with Gasteiger partial charge in [-0.3, -0.25) is 14.6 Å². The van der Waals surface area contributed by atoms with Crippen molar-refractivity contribution in [2.45, 2.75) is 96.0 Å². The molecule has 3 N–H and O–H groups in total. The molecule has 11 nitrogen and oxygen atoms in total. The summed E-state index contributed by atoms with van der Waals surface area (Å²) in [5.74, 6) is -0.380. The first-order valence-corrected chi connectivity index (χ1v) is 18.4. The third-order valence-electron chi connectivity index (χ3n) is 8.64. The number of carbonyl (C=O) groups excluding carboxylic acids is 2. The van der Waals surface area contributed by atoms with Crippen LogP contribution in [0.15, 0.2) is 42.5 Å². The second-order valence-electron chi connectivity index (χ2n) is 14.2. The summed E-state index contributed by atoms with van der Waals surface area (Å²) in [6.07, 6.45) is -2.03. The monoisotopic (exact) mass is 691 g/mol. The molecule has 1 aromatic heterocycles. The number of pyridine rings is 1. The highest BCUT2D eigenvalue weighted by atomic mass is 35.5. The van der Waals surface area contributed by atoms with Gasteiger partial charge in [0.2, 0.25) is 5.91 Å². The normalized spacial score (nSPS) is 23.3. The summed E-state index contributed by atoms with van der Waals surface area (Å²) in [6, 6.07) is 12.0. The van der Waals surface area contributed by atoms with Crippen LogP contribution in [-0.4, -0.2) is 107 Å².